The second-order valence-electron chi connectivity index (χ2n) is 9.45. The van der Waals surface area contributed by atoms with Gasteiger partial charge in [-0.2, -0.15) is 0 Å². The topological polar surface area (TPSA) is 160 Å². The molecule has 0 spiro atoms. The van der Waals surface area contributed by atoms with Crippen LogP contribution in [-0.4, -0.2) is 69.0 Å². The average molecular weight is 586 g/mol. The lowest BCUT2D eigenvalue weighted by molar-refractivity contribution is -0.687. The molecule has 14 heteroatoms. The first-order valence-electron chi connectivity index (χ1n) is 12.8. The molecule has 2 aromatic rings. The Bertz CT molecular complexity index is 1370. The molecule has 40 heavy (non-hydrogen) atoms. The molecule has 4 heterocycles. The Morgan fingerprint density at radius 3 is 2.77 bits per heavy atom. The molecule has 2 fully saturated rings. The Balaban J connectivity index is 1.28. The van der Waals surface area contributed by atoms with E-state index in [0.29, 0.717) is 6.54 Å². The SMILES string of the molecule is C=CC[n+]1ccc(SCC2=C(C(=O)O)N3C(=O)[C@@H](NC(=O)/C(=N\OC4CCCC4)c4csc(N)n4)[C@H]3CO2)cc1. The van der Waals surface area contributed by atoms with E-state index in [4.69, 9.17) is 15.3 Å². The van der Waals surface area contributed by atoms with Crippen molar-refractivity contribution in [2.24, 2.45) is 5.16 Å². The number of aliphatic carboxylic acids is 1. The summed E-state index contributed by atoms with van der Waals surface area (Å²) >= 11 is 2.55. The summed E-state index contributed by atoms with van der Waals surface area (Å²) in [7, 11) is 0. The number of pyridine rings is 1. The van der Waals surface area contributed by atoms with Crippen molar-refractivity contribution in [1.82, 2.24) is 15.2 Å². The quantitative estimate of drug-likeness (QED) is 0.0890. The van der Waals surface area contributed by atoms with Crippen LogP contribution in [0.4, 0.5) is 5.13 Å². The zero-order valence-electron chi connectivity index (χ0n) is 21.5. The predicted molar refractivity (Wildman–Crippen MR) is 147 cm³/mol. The first kappa shape index (κ1) is 27.6. The van der Waals surface area contributed by atoms with Gasteiger partial charge in [-0.25, -0.2) is 14.3 Å². The molecule has 4 N–H and O–H groups in total. The number of carboxylic acids is 1. The fourth-order valence-electron chi connectivity index (χ4n) is 4.76. The number of carboxylic acid groups (broad SMARTS) is 1. The minimum Gasteiger partial charge on any atom is -0.492 e. The van der Waals surface area contributed by atoms with E-state index in [0.717, 1.165) is 41.9 Å². The van der Waals surface area contributed by atoms with E-state index in [1.807, 2.05) is 29.1 Å². The highest BCUT2D eigenvalue weighted by Gasteiger charge is 2.55. The summed E-state index contributed by atoms with van der Waals surface area (Å²) < 4.78 is 7.78. The van der Waals surface area contributed by atoms with E-state index >= 15 is 0 Å². The van der Waals surface area contributed by atoms with E-state index in [-0.39, 0.29) is 46.5 Å². The van der Waals surface area contributed by atoms with Crippen molar-refractivity contribution in [3.8, 4) is 0 Å². The minimum atomic E-state index is -1.28. The number of oxime groups is 1. The molecule has 0 unspecified atom stereocenters. The van der Waals surface area contributed by atoms with Gasteiger partial charge in [-0.15, -0.1) is 23.1 Å². The second-order valence-corrected chi connectivity index (χ2v) is 11.4. The molecule has 1 aliphatic carbocycles. The van der Waals surface area contributed by atoms with Gasteiger partial charge in [-0.05, 0) is 31.8 Å². The van der Waals surface area contributed by atoms with Crippen LogP contribution >= 0.6 is 23.1 Å². The summed E-state index contributed by atoms with van der Waals surface area (Å²) in [6.07, 6.45) is 9.24. The van der Waals surface area contributed by atoms with Crippen LogP contribution < -0.4 is 15.6 Å². The third-order valence-electron chi connectivity index (χ3n) is 6.79. The number of fused-ring (bicyclic) bond motifs is 1. The molecule has 12 nitrogen and oxygen atoms in total. The van der Waals surface area contributed by atoms with Gasteiger partial charge in [0.15, 0.2) is 35.5 Å². The number of hydrogen-bond donors (Lipinski definition) is 3. The molecule has 1 saturated carbocycles. The number of thioether (sulfide) groups is 1. The van der Waals surface area contributed by atoms with Gasteiger partial charge >= 0.3 is 5.97 Å². The van der Waals surface area contributed by atoms with E-state index < -0.39 is 29.9 Å². The number of nitrogen functional groups attached to an aromatic ring is 1. The van der Waals surface area contributed by atoms with E-state index in [9.17, 15) is 19.5 Å². The van der Waals surface area contributed by atoms with Crippen molar-refractivity contribution >= 4 is 51.7 Å². The van der Waals surface area contributed by atoms with Gasteiger partial charge in [0, 0.05) is 22.4 Å². The molecule has 1 saturated heterocycles. The molecule has 2 atom stereocenters. The molecular weight excluding hydrogens is 556 g/mol. The van der Waals surface area contributed by atoms with Crippen molar-refractivity contribution < 1.29 is 33.6 Å². The van der Waals surface area contributed by atoms with Crippen molar-refractivity contribution in [3.63, 3.8) is 0 Å². The van der Waals surface area contributed by atoms with E-state index in [2.05, 4.69) is 22.0 Å². The lowest BCUT2D eigenvalue weighted by Crippen LogP contribution is -2.73. The van der Waals surface area contributed by atoms with E-state index in [1.165, 1.54) is 16.7 Å². The fraction of sp³-hybridized carbons (Fsp3) is 0.385. The highest BCUT2D eigenvalue weighted by atomic mass is 32.2. The normalized spacial score (nSPS) is 20.9. The summed E-state index contributed by atoms with van der Waals surface area (Å²) in [5, 5.41) is 18.5. The smallest absolute Gasteiger partial charge is 0.356 e. The maximum atomic E-state index is 13.2. The summed E-state index contributed by atoms with van der Waals surface area (Å²) in [5.74, 6) is -2.07. The third-order valence-corrected chi connectivity index (χ3v) is 8.47. The van der Waals surface area contributed by atoms with Crippen LogP contribution in [0, 0.1) is 0 Å². The molecule has 0 radical (unpaired) electrons. The Kier molecular flexibility index (Phi) is 8.35. The van der Waals surface area contributed by atoms with Gasteiger partial charge in [0.05, 0.1) is 5.75 Å². The van der Waals surface area contributed by atoms with E-state index in [1.54, 1.807) is 11.5 Å². The predicted octanol–water partition coefficient (Wildman–Crippen LogP) is 1.68. The van der Waals surface area contributed by atoms with Crippen LogP contribution in [0.2, 0.25) is 0 Å². The molecule has 5 rings (SSSR count). The largest absolute Gasteiger partial charge is 0.492 e. The summed E-state index contributed by atoms with van der Waals surface area (Å²) in [6.45, 7) is 4.43. The fourth-order valence-corrected chi connectivity index (χ4v) is 6.14. The number of nitrogens with two attached hydrogens (primary N) is 1. The van der Waals surface area contributed by atoms with Gasteiger partial charge in [0.25, 0.3) is 11.8 Å². The van der Waals surface area contributed by atoms with Crippen LogP contribution in [0.15, 0.2) is 64.1 Å². The number of β-lactam (4-membered cyclic amide) rings is 1. The van der Waals surface area contributed by atoms with Crippen LogP contribution in [0.25, 0.3) is 0 Å². The second kappa shape index (κ2) is 12.1. The Morgan fingerprint density at radius 2 is 2.12 bits per heavy atom. The van der Waals surface area contributed by atoms with Crippen molar-refractivity contribution in [1.29, 1.82) is 0 Å². The van der Waals surface area contributed by atoms with Gasteiger partial charge in [0.1, 0.15) is 36.2 Å². The molecule has 2 aromatic heterocycles. The summed E-state index contributed by atoms with van der Waals surface area (Å²) in [4.78, 5) is 50.4. The number of thiazole rings is 1. The number of allylic oxidation sites excluding steroid dienone is 1. The number of rotatable bonds is 11. The van der Waals surface area contributed by atoms with Crippen LogP contribution in [0.1, 0.15) is 31.4 Å². The maximum Gasteiger partial charge on any atom is 0.356 e. The first-order chi connectivity index (χ1) is 19.4. The summed E-state index contributed by atoms with van der Waals surface area (Å²) in [6, 6.07) is 2.15. The highest BCUT2D eigenvalue weighted by molar-refractivity contribution is 7.99. The first-order valence-corrected chi connectivity index (χ1v) is 14.6. The highest BCUT2D eigenvalue weighted by Crippen LogP contribution is 2.35. The van der Waals surface area contributed by atoms with Gasteiger partial charge in [-0.1, -0.05) is 11.7 Å². The third kappa shape index (κ3) is 5.82. The number of aromatic nitrogens is 2. The number of nitrogens with zero attached hydrogens (tertiary/aromatic N) is 4. The zero-order chi connectivity index (χ0) is 28.2. The molecule has 0 bridgehead atoms. The van der Waals surface area contributed by atoms with Gasteiger partial charge in [0.2, 0.25) is 0 Å². The minimum absolute atomic E-state index is 0.0339. The molecule has 0 aromatic carbocycles. The Hall–Kier alpha value is -3.91. The number of nitrogens with one attached hydrogen (secondary N) is 1. The standard InChI is InChI=1S/C26H28N6O6S2/c1-2-9-31-10-7-16(8-11-31)39-14-19-22(25(35)36)32-18(12-37-19)21(24(32)34)29-23(33)20(17-13-40-26(27)28-17)30-38-15-5-3-4-6-15/h2,7-8,10-11,13,15,18,21H,1,3-6,9,12,14H2,(H3-,27,28,29,33,35,36)/p+1/b30-20-/t18-,21+/m1/s1. The molecule has 3 aliphatic rings. The number of carbonyl (C=O) groups excluding carboxylic acids is 2. The van der Waals surface area contributed by atoms with Crippen LogP contribution in [0.3, 0.4) is 0 Å². The number of ether oxygens (including phenoxy) is 1. The van der Waals surface area contributed by atoms with Crippen molar-refractivity contribution in [3.05, 3.63) is 59.7 Å². The van der Waals surface area contributed by atoms with Crippen LogP contribution in [-0.2, 0) is 30.5 Å². The molecule has 210 valence electrons. The Labute approximate surface area is 238 Å². The summed E-state index contributed by atoms with van der Waals surface area (Å²) in [5.41, 5.74) is 5.68. The maximum absolute atomic E-state index is 13.2. The molecule has 2 amide bonds. The molecule has 2 aliphatic heterocycles. The van der Waals surface area contributed by atoms with Crippen LogP contribution in [0.5, 0.6) is 0 Å². The van der Waals surface area contributed by atoms with Gasteiger partial charge in [-0.3, -0.25) is 14.5 Å². The molecular formula is C26H29N6O6S2+. The number of amides is 2. The zero-order valence-corrected chi connectivity index (χ0v) is 23.2. The number of carbonyl (C=O) groups is 3. The lowest BCUT2D eigenvalue weighted by atomic mass is 9.92. The number of hydrogen-bond acceptors (Lipinski definition) is 10. The average Bonchev–Trinajstić information content (AvgIpc) is 3.63. The van der Waals surface area contributed by atoms with Crippen molar-refractivity contribution in [2.45, 2.75) is 55.3 Å². The lowest BCUT2D eigenvalue weighted by Gasteiger charge is -2.49. The van der Waals surface area contributed by atoms with Gasteiger partial charge < -0.3 is 25.7 Å². The monoisotopic (exact) mass is 585 g/mol. The van der Waals surface area contributed by atoms with Crippen molar-refractivity contribution in [2.75, 3.05) is 18.1 Å². The number of anilines is 1. The Morgan fingerprint density at radius 1 is 1.38 bits per heavy atom.